The predicted octanol–water partition coefficient (Wildman–Crippen LogP) is 1.21. The van der Waals surface area contributed by atoms with E-state index < -0.39 is 5.97 Å². The number of aromatic nitrogens is 1. The van der Waals surface area contributed by atoms with Crippen LogP contribution in [0.15, 0.2) is 0 Å². The van der Waals surface area contributed by atoms with Gasteiger partial charge in [0.25, 0.3) is 0 Å². The highest BCUT2D eigenvalue weighted by molar-refractivity contribution is 7.10. The number of rotatable bonds is 4. The van der Waals surface area contributed by atoms with Crippen LogP contribution in [0.5, 0.6) is 5.88 Å². The van der Waals surface area contributed by atoms with E-state index in [4.69, 9.17) is 15.6 Å². The second-order valence-electron chi connectivity index (χ2n) is 2.38. The molecule has 0 unspecified atom stereocenters. The van der Waals surface area contributed by atoms with Crippen LogP contribution in [0.1, 0.15) is 23.7 Å². The van der Waals surface area contributed by atoms with E-state index in [0.29, 0.717) is 6.61 Å². The van der Waals surface area contributed by atoms with E-state index in [0.717, 1.165) is 18.0 Å². The molecule has 1 rings (SSSR count). The maximum atomic E-state index is 10.7. The molecule has 0 amide bonds. The van der Waals surface area contributed by atoms with Crippen molar-refractivity contribution in [2.45, 2.75) is 13.3 Å². The molecule has 72 valence electrons. The third kappa shape index (κ3) is 2.09. The average molecular weight is 202 g/mol. The minimum atomic E-state index is -1.10. The Bertz CT molecular complexity index is 311. The largest absolute Gasteiger partial charge is 0.477 e. The fraction of sp³-hybridized carbons (Fsp3) is 0.429. The number of hydrogen-bond donors (Lipinski definition) is 2. The van der Waals surface area contributed by atoms with Crippen LogP contribution >= 0.6 is 11.5 Å². The highest BCUT2D eigenvalue weighted by Crippen LogP contribution is 2.27. The maximum Gasteiger partial charge on any atom is 0.344 e. The van der Waals surface area contributed by atoms with E-state index in [-0.39, 0.29) is 16.4 Å². The van der Waals surface area contributed by atoms with Crippen molar-refractivity contribution in [3.63, 3.8) is 0 Å². The van der Waals surface area contributed by atoms with Gasteiger partial charge in [-0.1, -0.05) is 6.92 Å². The molecule has 0 saturated heterocycles. The standard InChI is InChI=1S/C7H10N2O3S/c1-2-3-12-6-4(7(10)11)5(8)13-9-6/h2-3,8H2,1H3,(H,10,11). The minimum Gasteiger partial charge on any atom is -0.477 e. The van der Waals surface area contributed by atoms with Crippen molar-refractivity contribution in [2.75, 3.05) is 12.3 Å². The third-order valence-electron chi connectivity index (χ3n) is 1.34. The summed E-state index contributed by atoms with van der Waals surface area (Å²) in [6.07, 6.45) is 0.802. The van der Waals surface area contributed by atoms with Crippen LogP contribution in [0.4, 0.5) is 5.00 Å². The summed E-state index contributed by atoms with van der Waals surface area (Å²) in [6.45, 7) is 2.37. The number of nitrogens with two attached hydrogens (primary N) is 1. The SMILES string of the molecule is CCCOc1nsc(N)c1C(=O)O. The molecular weight excluding hydrogens is 192 g/mol. The molecule has 1 aromatic rings. The van der Waals surface area contributed by atoms with Gasteiger partial charge in [0.15, 0.2) is 5.56 Å². The van der Waals surface area contributed by atoms with Gasteiger partial charge in [0.1, 0.15) is 5.00 Å². The van der Waals surface area contributed by atoms with Crippen molar-refractivity contribution in [3.8, 4) is 5.88 Å². The number of aromatic carboxylic acids is 1. The zero-order valence-electron chi connectivity index (χ0n) is 7.11. The van der Waals surface area contributed by atoms with E-state index in [2.05, 4.69) is 4.37 Å². The van der Waals surface area contributed by atoms with E-state index in [1.807, 2.05) is 6.92 Å². The van der Waals surface area contributed by atoms with Crippen LogP contribution in [0, 0.1) is 0 Å². The molecular formula is C7H10N2O3S. The van der Waals surface area contributed by atoms with Gasteiger partial charge in [-0.15, -0.1) is 0 Å². The molecule has 5 nitrogen and oxygen atoms in total. The first-order chi connectivity index (χ1) is 6.16. The van der Waals surface area contributed by atoms with Crippen molar-refractivity contribution in [1.29, 1.82) is 0 Å². The average Bonchev–Trinajstić information content (AvgIpc) is 2.43. The van der Waals surface area contributed by atoms with Crippen molar-refractivity contribution in [2.24, 2.45) is 0 Å². The molecule has 3 N–H and O–H groups in total. The van der Waals surface area contributed by atoms with Crippen molar-refractivity contribution in [1.82, 2.24) is 4.37 Å². The van der Waals surface area contributed by atoms with Gasteiger partial charge in [-0.2, -0.15) is 4.37 Å². The molecule has 0 saturated carbocycles. The highest BCUT2D eigenvalue weighted by Gasteiger charge is 2.19. The molecule has 0 atom stereocenters. The summed E-state index contributed by atoms with van der Waals surface area (Å²) < 4.78 is 8.90. The topological polar surface area (TPSA) is 85.4 Å². The summed E-state index contributed by atoms with van der Waals surface area (Å²) in [6, 6.07) is 0. The predicted molar refractivity (Wildman–Crippen MR) is 49.3 cm³/mol. The van der Waals surface area contributed by atoms with Crippen LogP contribution in [0.2, 0.25) is 0 Å². The molecule has 13 heavy (non-hydrogen) atoms. The normalized spacial score (nSPS) is 9.92. The molecule has 6 heteroatoms. The summed E-state index contributed by atoms with van der Waals surface area (Å²) in [4.78, 5) is 10.7. The lowest BCUT2D eigenvalue weighted by Gasteiger charge is -2.00. The van der Waals surface area contributed by atoms with Gasteiger partial charge in [-0.05, 0) is 18.0 Å². The van der Waals surface area contributed by atoms with Crippen LogP contribution in [-0.2, 0) is 0 Å². The molecule has 0 bridgehead atoms. The Morgan fingerprint density at radius 3 is 3.00 bits per heavy atom. The summed E-state index contributed by atoms with van der Waals surface area (Å²) in [5, 5.41) is 8.92. The Labute approximate surface area is 79.3 Å². The summed E-state index contributed by atoms with van der Waals surface area (Å²) >= 11 is 0.932. The number of carbonyl (C=O) groups is 1. The van der Waals surface area contributed by atoms with Gasteiger partial charge in [0, 0.05) is 0 Å². The molecule has 0 aliphatic rings. The van der Waals surface area contributed by atoms with Crippen molar-refractivity contribution in [3.05, 3.63) is 5.56 Å². The van der Waals surface area contributed by atoms with E-state index in [1.54, 1.807) is 0 Å². The third-order valence-corrected chi connectivity index (χ3v) is 2.00. The lowest BCUT2D eigenvalue weighted by molar-refractivity contribution is 0.0693. The smallest absolute Gasteiger partial charge is 0.344 e. The Morgan fingerprint density at radius 1 is 1.77 bits per heavy atom. The first kappa shape index (κ1) is 9.79. The quantitative estimate of drug-likeness (QED) is 0.766. The Balaban J connectivity index is 2.87. The number of nitrogen functional groups attached to an aromatic ring is 1. The van der Waals surface area contributed by atoms with Crippen LogP contribution < -0.4 is 10.5 Å². The minimum absolute atomic E-state index is 0.0292. The summed E-state index contributed by atoms with van der Waals surface area (Å²) in [5.74, 6) is -0.978. The summed E-state index contributed by atoms with van der Waals surface area (Å²) in [7, 11) is 0. The monoisotopic (exact) mass is 202 g/mol. The molecule has 0 aromatic carbocycles. The second-order valence-corrected chi connectivity index (χ2v) is 3.19. The first-order valence-electron chi connectivity index (χ1n) is 3.78. The molecule has 0 spiro atoms. The molecule has 0 radical (unpaired) electrons. The first-order valence-corrected chi connectivity index (χ1v) is 4.55. The van der Waals surface area contributed by atoms with Gasteiger partial charge in [0.05, 0.1) is 6.61 Å². The van der Waals surface area contributed by atoms with E-state index >= 15 is 0 Å². The lowest BCUT2D eigenvalue weighted by Crippen LogP contribution is -2.04. The zero-order chi connectivity index (χ0) is 9.84. The highest BCUT2D eigenvalue weighted by atomic mass is 32.1. The Kier molecular flexibility index (Phi) is 3.07. The molecule has 1 aromatic heterocycles. The van der Waals surface area contributed by atoms with Crippen molar-refractivity contribution >= 4 is 22.5 Å². The van der Waals surface area contributed by atoms with Crippen molar-refractivity contribution < 1.29 is 14.6 Å². The number of nitrogens with zero attached hydrogens (tertiary/aromatic N) is 1. The lowest BCUT2D eigenvalue weighted by atomic mass is 10.3. The fourth-order valence-corrected chi connectivity index (χ4v) is 1.37. The van der Waals surface area contributed by atoms with E-state index in [1.165, 1.54) is 0 Å². The number of hydrogen-bond acceptors (Lipinski definition) is 5. The van der Waals surface area contributed by atoms with E-state index in [9.17, 15) is 4.79 Å². The Hall–Kier alpha value is -1.30. The van der Waals surface area contributed by atoms with Crippen LogP contribution in [0.25, 0.3) is 0 Å². The number of ether oxygens (including phenoxy) is 1. The van der Waals surface area contributed by atoms with Gasteiger partial charge < -0.3 is 15.6 Å². The maximum absolute atomic E-state index is 10.7. The van der Waals surface area contributed by atoms with Gasteiger partial charge in [-0.25, -0.2) is 4.79 Å². The summed E-state index contributed by atoms with van der Waals surface area (Å²) in [5.41, 5.74) is 5.38. The molecule has 0 aliphatic heterocycles. The zero-order valence-corrected chi connectivity index (χ0v) is 7.93. The molecule has 0 fully saturated rings. The van der Waals surface area contributed by atoms with Crippen LogP contribution in [-0.4, -0.2) is 22.1 Å². The van der Waals surface area contributed by atoms with Gasteiger partial charge >= 0.3 is 5.97 Å². The fourth-order valence-electron chi connectivity index (χ4n) is 0.781. The van der Waals surface area contributed by atoms with Gasteiger partial charge in [-0.3, -0.25) is 0 Å². The van der Waals surface area contributed by atoms with Gasteiger partial charge in [0.2, 0.25) is 5.88 Å². The number of anilines is 1. The molecule has 1 heterocycles. The number of carboxylic acid groups (broad SMARTS) is 1. The van der Waals surface area contributed by atoms with Crippen LogP contribution in [0.3, 0.4) is 0 Å². The Morgan fingerprint density at radius 2 is 2.46 bits per heavy atom. The number of carboxylic acids is 1. The molecule has 0 aliphatic carbocycles. The second kappa shape index (κ2) is 4.08.